The molecule has 0 unspecified atom stereocenters. The lowest BCUT2D eigenvalue weighted by Crippen LogP contribution is -2.13. The normalized spacial score (nSPS) is 19.3. The fraction of sp³-hybridized carbons (Fsp3) is 0. The second kappa shape index (κ2) is 4.18. The van der Waals surface area contributed by atoms with E-state index in [4.69, 9.17) is 0 Å². The molecule has 0 N–H and O–H groups in total. The molecular weight excluding hydrogens is 518 g/mol. The summed E-state index contributed by atoms with van der Waals surface area (Å²) in [6.45, 7) is 0. The predicted molar refractivity (Wildman–Crippen MR) is 70.0 cm³/mol. The Bertz CT molecular complexity index is 281. The third-order valence-electron chi connectivity index (χ3n) is 1.18. The maximum absolute atomic E-state index is 11.3. The third kappa shape index (κ3) is 1.85. The lowest BCUT2D eigenvalue weighted by atomic mass is 10.2. The molecule has 0 radical (unpaired) electrons. The fourth-order valence-electron chi connectivity index (χ4n) is 0.591. The molecular formula is C6Br2I2O2. The highest BCUT2D eigenvalue weighted by molar-refractivity contribution is 14.1. The first kappa shape index (κ1) is 11.3. The Morgan fingerprint density at radius 1 is 0.833 bits per heavy atom. The maximum Gasteiger partial charge on any atom is 0.208 e. The largest absolute Gasteiger partial charge is 0.287 e. The van der Waals surface area contributed by atoms with Crippen molar-refractivity contribution >= 4 is 88.6 Å². The van der Waals surface area contributed by atoms with Crippen LogP contribution < -0.4 is 0 Å². The van der Waals surface area contributed by atoms with E-state index in [1.54, 1.807) is 0 Å². The third-order valence-corrected chi connectivity index (χ3v) is 6.24. The van der Waals surface area contributed by atoms with Crippen molar-refractivity contribution in [2.75, 3.05) is 0 Å². The summed E-state index contributed by atoms with van der Waals surface area (Å²) in [6, 6.07) is 0. The van der Waals surface area contributed by atoms with E-state index in [0.29, 0.717) is 16.1 Å². The van der Waals surface area contributed by atoms with Crippen LogP contribution in [0.25, 0.3) is 0 Å². The number of ketones is 2. The van der Waals surface area contributed by atoms with Crippen LogP contribution in [-0.4, -0.2) is 11.6 Å². The molecule has 0 aromatic rings. The molecule has 0 atom stereocenters. The number of rotatable bonds is 0. The lowest BCUT2D eigenvalue weighted by molar-refractivity contribution is -0.114. The minimum atomic E-state index is -0.147. The molecule has 2 nitrogen and oxygen atoms in total. The monoisotopic (exact) mass is 516 g/mol. The zero-order chi connectivity index (χ0) is 9.46. The molecule has 0 spiro atoms. The Balaban J connectivity index is 3.32. The van der Waals surface area contributed by atoms with E-state index in [9.17, 15) is 9.59 Å². The van der Waals surface area contributed by atoms with E-state index in [2.05, 4.69) is 31.9 Å². The van der Waals surface area contributed by atoms with Gasteiger partial charge < -0.3 is 0 Å². The van der Waals surface area contributed by atoms with Crippen molar-refractivity contribution in [3.05, 3.63) is 16.1 Å². The molecule has 0 bridgehead atoms. The van der Waals surface area contributed by atoms with E-state index < -0.39 is 0 Å². The van der Waals surface area contributed by atoms with E-state index in [1.807, 2.05) is 45.2 Å². The molecule has 0 amide bonds. The van der Waals surface area contributed by atoms with Crippen molar-refractivity contribution < 1.29 is 9.59 Å². The summed E-state index contributed by atoms with van der Waals surface area (Å²) >= 11 is 9.83. The van der Waals surface area contributed by atoms with Gasteiger partial charge in [0.15, 0.2) is 0 Å². The number of carbonyl (C=O) groups is 2. The van der Waals surface area contributed by atoms with Gasteiger partial charge in [-0.1, -0.05) is 0 Å². The highest BCUT2D eigenvalue weighted by Crippen LogP contribution is 2.36. The van der Waals surface area contributed by atoms with Crippen molar-refractivity contribution in [3.63, 3.8) is 0 Å². The van der Waals surface area contributed by atoms with Crippen LogP contribution in [0, 0.1) is 0 Å². The van der Waals surface area contributed by atoms with Gasteiger partial charge in [0.05, 0.1) is 16.1 Å². The summed E-state index contributed by atoms with van der Waals surface area (Å²) in [4.78, 5) is 22.7. The summed E-state index contributed by atoms with van der Waals surface area (Å²) < 4.78 is 1.54. The summed E-state index contributed by atoms with van der Waals surface area (Å²) in [6.07, 6.45) is 0. The Labute approximate surface area is 113 Å². The van der Waals surface area contributed by atoms with E-state index >= 15 is 0 Å². The van der Waals surface area contributed by atoms with Crippen LogP contribution >= 0.6 is 77.0 Å². The topological polar surface area (TPSA) is 34.1 Å². The quantitative estimate of drug-likeness (QED) is 0.365. The van der Waals surface area contributed by atoms with Crippen molar-refractivity contribution in [1.82, 2.24) is 0 Å². The number of hydrogen-bond acceptors (Lipinski definition) is 2. The van der Waals surface area contributed by atoms with Gasteiger partial charge in [0.2, 0.25) is 11.6 Å². The summed E-state index contributed by atoms with van der Waals surface area (Å²) in [5, 5.41) is 0. The van der Waals surface area contributed by atoms with Gasteiger partial charge in [0, 0.05) is 0 Å². The first-order valence-corrected chi connectivity index (χ1v) is 6.41. The van der Waals surface area contributed by atoms with Crippen LogP contribution in [0.4, 0.5) is 0 Å². The molecule has 0 heterocycles. The first-order valence-electron chi connectivity index (χ1n) is 2.66. The van der Waals surface area contributed by atoms with Crippen molar-refractivity contribution in [3.8, 4) is 0 Å². The van der Waals surface area contributed by atoms with Crippen molar-refractivity contribution in [2.45, 2.75) is 0 Å². The SMILES string of the molecule is O=C1C(Br)=C(I)C(=O)C(Br)=C1I. The zero-order valence-electron chi connectivity index (χ0n) is 5.33. The van der Waals surface area contributed by atoms with Gasteiger partial charge in [0.25, 0.3) is 0 Å². The van der Waals surface area contributed by atoms with E-state index in [-0.39, 0.29) is 11.6 Å². The minimum Gasteiger partial charge on any atom is -0.287 e. The van der Waals surface area contributed by atoms with Gasteiger partial charge in [-0.25, -0.2) is 0 Å². The van der Waals surface area contributed by atoms with Gasteiger partial charge in [-0.3, -0.25) is 9.59 Å². The Kier molecular flexibility index (Phi) is 3.94. The molecule has 0 aliphatic heterocycles. The van der Waals surface area contributed by atoms with E-state index in [1.165, 1.54) is 0 Å². The molecule has 0 aromatic heterocycles. The van der Waals surface area contributed by atoms with Crippen LogP contribution in [-0.2, 0) is 9.59 Å². The Morgan fingerprint density at radius 2 is 1.08 bits per heavy atom. The number of carbonyl (C=O) groups excluding carboxylic acids is 2. The summed E-state index contributed by atoms with van der Waals surface area (Å²) in [7, 11) is 0. The van der Waals surface area contributed by atoms with Gasteiger partial charge in [-0.15, -0.1) is 0 Å². The van der Waals surface area contributed by atoms with Crippen LogP contribution in [0.3, 0.4) is 0 Å². The fourth-order valence-corrected chi connectivity index (χ4v) is 3.12. The Hall–Kier alpha value is 1.24. The number of halogens is 4. The number of hydrogen-bond donors (Lipinski definition) is 0. The summed E-state index contributed by atoms with van der Waals surface area (Å²) in [5.74, 6) is -0.294. The molecule has 6 heteroatoms. The smallest absolute Gasteiger partial charge is 0.208 e. The molecule has 1 aliphatic rings. The van der Waals surface area contributed by atoms with Crippen LogP contribution in [0.15, 0.2) is 16.1 Å². The van der Waals surface area contributed by atoms with Gasteiger partial charge in [0.1, 0.15) is 0 Å². The maximum atomic E-state index is 11.3. The molecule has 1 aliphatic carbocycles. The zero-order valence-corrected chi connectivity index (χ0v) is 12.8. The lowest BCUT2D eigenvalue weighted by Gasteiger charge is -2.10. The van der Waals surface area contributed by atoms with E-state index in [0.717, 1.165) is 0 Å². The Morgan fingerprint density at radius 3 is 1.33 bits per heavy atom. The molecule has 64 valence electrons. The molecule has 0 saturated carbocycles. The van der Waals surface area contributed by atoms with Crippen molar-refractivity contribution in [2.24, 2.45) is 0 Å². The highest BCUT2D eigenvalue weighted by atomic mass is 127. The average Bonchev–Trinajstić information content (AvgIpc) is 2.08. The standard InChI is InChI=1S/C6Br2I2O2/c7-1-3(9)6(12)2(8)4(10)5(1)11. The predicted octanol–water partition coefficient (Wildman–Crippen LogP) is 3.22. The molecule has 0 fully saturated rings. The van der Waals surface area contributed by atoms with Crippen LogP contribution in [0.5, 0.6) is 0 Å². The highest BCUT2D eigenvalue weighted by Gasteiger charge is 2.29. The first-order chi connectivity index (χ1) is 5.46. The average molecular weight is 518 g/mol. The van der Waals surface area contributed by atoms with Gasteiger partial charge in [-0.2, -0.15) is 0 Å². The van der Waals surface area contributed by atoms with Crippen LogP contribution in [0.1, 0.15) is 0 Å². The van der Waals surface area contributed by atoms with Gasteiger partial charge >= 0.3 is 0 Å². The second-order valence-electron chi connectivity index (χ2n) is 1.91. The van der Waals surface area contributed by atoms with Crippen LogP contribution in [0.2, 0.25) is 0 Å². The van der Waals surface area contributed by atoms with Gasteiger partial charge in [-0.05, 0) is 77.0 Å². The van der Waals surface area contributed by atoms with Crippen molar-refractivity contribution in [1.29, 1.82) is 0 Å². The number of allylic oxidation sites excluding steroid dienone is 4. The molecule has 12 heavy (non-hydrogen) atoms. The minimum absolute atomic E-state index is 0.147. The number of Topliss-reactive ketones (excluding diaryl/α,β-unsaturated/α-hetero) is 2. The molecule has 1 rings (SSSR count). The summed E-state index contributed by atoms with van der Waals surface area (Å²) in [5.41, 5.74) is 0. The second-order valence-corrected chi connectivity index (χ2v) is 5.66. The molecule has 0 aromatic carbocycles. The molecule has 0 saturated heterocycles.